The molecule has 1 fully saturated rings. The number of ether oxygens (including phenoxy) is 1. The first-order valence-electron chi connectivity index (χ1n) is 8.91. The first kappa shape index (κ1) is 20.4. The van der Waals surface area contributed by atoms with Gasteiger partial charge in [-0.3, -0.25) is 4.79 Å². The summed E-state index contributed by atoms with van der Waals surface area (Å²) in [6.07, 6.45) is 3.53. The highest BCUT2D eigenvalue weighted by Gasteiger charge is 2.27. The zero-order valence-electron chi connectivity index (χ0n) is 15.2. The number of nitrogens with zero attached hydrogens (tertiary/aromatic N) is 1. The summed E-state index contributed by atoms with van der Waals surface area (Å²) < 4.78 is 31.3. The number of nitrogens with one attached hydrogen (secondary N) is 1. The summed E-state index contributed by atoms with van der Waals surface area (Å²) in [6, 6.07) is 5.63. The molecular formula is C18H26N2O5S. The lowest BCUT2D eigenvalue weighted by molar-refractivity contribution is -0.124. The van der Waals surface area contributed by atoms with Gasteiger partial charge in [0.1, 0.15) is 0 Å². The van der Waals surface area contributed by atoms with Crippen LogP contribution in [0.4, 0.5) is 0 Å². The van der Waals surface area contributed by atoms with E-state index in [9.17, 15) is 18.0 Å². The molecule has 0 saturated carbocycles. The molecule has 0 bridgehead atoms. The van der Waals surface area contributed by atoms with E-state index >= 15 is 0 Å². The van der Waals surface area contributed by atoms with Crippen LogP contribution < -0.4 is 5.32 Å². The highest BCUT2D eigenvalue weighted by Crippen LogP contribution is 2.21. The average molecular weight is 382 g/mol. The van der Waals surface area contributed by atoms with Gasteiger partial charge < -0.3 is 10.1 Å². The van der Waals surface area contributed by atoms with Crippen LogP contribution in [0, 0.1) is 0 Å². The van der Waals surface area contributed by atoms with E-state index in [1.807, 2.05) is 13.8 Å². The highest BCUT2D eigenvalue weighted by molar-refractivity contribution is 7.89. The van der Waals surface area contributed by atoms with Gasteiger partial charge in [-0.25, -0.2) is 13.2 Å². The van der Waals surface area contributed by atoms with Crippen molar-refractivity contribution in [1.82, 2.24) is 9.62 Å². The summed E-state index contributed by atoms with van der Waals surface area (Å²) in [7, 11) is -3.51. The van der Waals surface area contributed by atoms with Crippen molar-refractivity contribution < 1.29 is 22.7 Å². The van der Waals surface area contributed by atoms with Crippen molar-refractivity contribution in [2.45, 2.75) is 50.5 Å². The zero-order valence-corrected chi connectivity index (χ0v) is 16.0. The maximum Gasteiger partial charge on any atom is 0.338 e. The minimum Gasteiger partial charge on any atom is -0.452 e. The topological polar surface area (TPSA) is 92.8 Å². The predicted octanol–water partition coefficient (Wildman–Crippen LogP) is 1.93. The fourth-order valence-electron chi connectivity index (χ4n) is 2.88. The molecule has 1 aromatic rings. The van der Waals surface area contributed by atoms with Crippen LogP contribution in [0.2, 0.25) is 0 Å². The Labute approximate surface area is 154 Å². The highest BCUT2D eigenvalue weighted by atomic mass is 32.2. The van der Waals surface area contributed by atoms with E-state index in [4.69, 9.17) is 4.74 Å². The van der Waals surface area contributed by atoms with Crippen molar-refractivity contribution in [2.24, 2.45) is 0 Å². The molecule has 0 aliphatic carbocycles. The molecule has 2 rings (SSSR count). The summed E-state index contributed by atoms with van der Waals surface area (Å²) in [5, 5.41) is 2.75. The van der Waals surface area contributed by atoms with Gasteiger partial charge >= 0.3 is 5.97 Å². The predicted molar refractivity (Wildman–Crippen MR) is 97.2 cm³/mol. The van der Waals surface area contributed by atoms with E-state index in [1.54, 1.807) is 0 Å². The lowest BCUT2D eigenvalue weighted by Gasteiger charge is -2.15. The van der Waals surface area contributed by atoms with Crippen LogP contribution >= 0.6 is 0 Å². The first-order valence-corrected chi connectivity index (χ1v) is 10.3. The van der Waals surface area contributed by atoms with Crippen LogP contribution in [0.5, 0.6) is 0 Å². The van der Waals surface area contributed by atoms with E-state index < -0.39 is 16.0 Å². The lowest BCUT2D eigenvalue weighted by Crippen LogP contribution is -2.35. The molecule has 7 nitrogen and oxygen atoms in total. The Morgan fingerprint density at radius 2 is 1.81 bits per heavy atom. The Balaban J connectivity index is 1.91. The number of sulfonamides is 1. The molecule has 8 heteroatoms. The number of rotatable bonds is 8. The van der Waals surface area contributed by atoms with Gasteiger partial charge in [0.25, 0.3) is 5.91 Å². The van der Waals surface area contributed by atoms with Crippen LogP contribution in [-0.4, -0.2) is 50.3 Å². The minimum absolute atomic E-state index is 0.0290. The van der Waals surface area contributed by atoms with E-state index in [2.05, 4.69) is 5.32 Å². The Hall–Kier alpha value is -1.93. The van der Waals surface area contributed by atoms with Crippen molar-refractivity contribution in [2.75, 3.05) is 19.7 Å². The van der Waals surface area contributed by atoms with E-state index in [1.165, 1.54) is 28.6 Å². The SMILES string of the molecule is CCC[C@@H](C)NC(=O)COC(=O)c1ccc(S(=O)(=O)N2CCCC2)cc1. The third kappa shape index (κ3) is 5.28. The number of carbonyl (C=O) groups excluding carboxylic acids is 2. The van der Waals surface area contributed by atoms with E-state index in [0.29, 0.717) is 13.1 Å². The van der Waals surface area contributed by atoms with Gasteiger partial charge in [0.05, 0.1) is 10.5 Å². The molecule has 1 heterocycles. The Morgan fingerprint density at radius 3 is 2.38 bits per heavy atom. The molecule has 1 amide bonds. The number of benzene rings is 1. The zero-order chi connectivity index (χ0) is 19.2. The van der Waals surface area contributed by atoms with Crippen molar-refractivity contribution in [3.05, 3.63) is 29.8 Å². The molecule has 1 atom stereocenters. The third-order valence-corrected chi connectivity index (χ3v) is 6.17. The van der Waals surface area contributed by atoms with Gasteiger partial charge in [-0.15, -0.1) is 0 Å². The molecule has 1 saturated heterocycles. The van der Waals surface area contributed by atoms with Crippen molar-refractivity contribution >= 4 is 21.9 Å². The molecular weight excluding hydrogens is 356 g/mol. The van der Waals surface area contributed by atoms with Gasteiger partial charge in [0.15, 0.2) is 6.61 Å². The van der Waals surface area contributed by atoms with Crippen molar-refractivity contribution in [3.63, 3.8) is 0 Å². The van der Waals surface area contributed by atoms with Gasteiger partial charge in [-0.2, -0.15) is 4.31 Å². The summed E-state index contributed by atoms with van der Waals surface area (Å²) in [6.45, 7) is 4.61. The second-order valence-corrected chi connectivity index (χ2v) is 8.41. The van der Waals surface area contributed by atoms with Crippen molar-refractivity contribution in [1.29, 1.82) is 0 Å². The van der Waals surface area contributed by atoms with Crippen LogP contribution in [0.15, 0.2) is 29.2 Å². The molecule has 1 N–H and O–H groups in total. The summed E-state index contributed by atoms with van der Waals surface area (Å²) >= 11 is 0. The van der Waals surface area contributed by atoms with Crippen LogP contribution in [0.3, 0.4) is 0 Å². The van der Waals surface area contributed by atoms with Crippen LogP contribution in [0.25, 0.3) is 0 Å². The van der Waals surface area contributed by atoms with Crippen LogP contribution in [0.1, 0.15) is 49.9 Å². The fraction of sp³-hybridized carbons (Fsp3) is 0.556. The normalized spacial score (nSPS) is 16.2. The molecule has 144 valence electrons. The standard InChI is InChI=1S/C18H26N2O5S/c1-3-6-14(2)19-17(21)13-25-18(22)15-7-9-16(10-8-15)26(23,24)20-11-4-5-12-20/h7-10,14H,3-6,11-13H2,1-2H3,(H,19,21)/t14-/m1/s1. The molecule has 0 aromatic heterocycles. The molecule has 0 spiro atoms. The molecule has 1 aromatic carbocycles. The van der Waals surface area contributed by atoms with Crippen LogP contribution in [-0.2, 0) is 19.6 Å². The first-order chi connectivity index (χ1) is 12.3. The van der Waals surface area contributed by atoms with Gasteiger partial charge in [-0.05, 0) is 50.5 Å². The molecule has 0 unspecified atom stereocenters. The molecule has 1 aliphatic heterocycles. The summed E-state index contributed by atoms with van der Waals surface area (Å²) in [5.74, 6) is -1.01. The fourth-order valence-corrected chi connectivity index (χ4v) is 4.39. The minimum atomic E-state index is -3.51. The second-order valence-electron chi connectivity index (χ2n) is 6.47. The smallest absolute Gasteiger partial charge is 0.338 e. The monoisotopic (exact) mass is 382 g/mol. The summed E-state index contributed by atoms with van der Waals surface area (Å²) in [5.41, 5.74) is 0.208. The maximum atomic E-state index is 12.4. The summed E-state index contributed by atoms with van der Waals surface area (Å²) in [4.78, 5) is 23.9. The Morgan fingerprint density at radius 1 is 1.19 bits per heavy atom. The largest absolute Gasteiger partial charge is 0.452 e. The molecule has 0 radical (unpaired) electrons. The van der Waals surface area contributed by atoms with Gasteiger partial charge in [0, 0.05) is 19.1 Å². The molecule has 26 heavy (non-hydrogen) atoms. The molecule has 1 aliphatic rings. The van der Waals surface area contributed by atoms with Gasteiger partial charge in [0.2, 0.25) is 10.0 Å². The number of hydrogen-bond donors (Lipinski definition) is 1. The van der Waals surface area contributed by atoms with Gasteiger partial charge in [-0.1, -0.05) is 13.3 Å². The third-order valence-electron chi connectivity index (χ3n) is 4.26. The number of hydrogen-bond acceptors (Lipinski definition) is 5. The number of esters is 1. The number of carbonyl (C=O) groups is 2. The van der Waals surface area contributed by atoms with E-state index in [-0.39, 0.29) is 29.0 Å². The average Bonchev–Trinajstić information content (AvgIpc) is 3.15. The van der Waals surface area contributed by atoms with E-state index in [0.717, 1.165) is 25.7 Å². The maximum absolute atomic E-state index is 12.4. The lowest BCUT2D eigenvalue weighted by atomic mass is 10.2. The Kier molecular flexibility index (Phi) is 7.16. The Bertz CT molecular complexity index is 724. The number of amides is 1. The van der Waals surface area contributed by atoms with Crippen molar-refractivity contribution in [3.8, 4) is 0 Å². The quantitative estimate of drug-likeness (QED) is 0.694. The second kappa shape index (κ2) is 9.14.